The van der Waals surface area contributed by atoms with Crippen molar-refractivity contribution in [3.8, 4) is 0 Å². The van der Waals surface area contributed by atoms with E-state index in [4.69, 9.17) is 10.2 Å². The summed E-state index contributed by atoms with van der Waals surface area (Å²) in [5.74, 6) is -1.17. The van der Waals surface area contributed by atoms with E-state index >= 15 is 0 Å². The van der Waals surface area contributed by atoms with Gasteiger partial charge in [-0.3, -0.25) is 4.79 Å². The standard InChI is InChI=1S/C12H25NO5S/c1-2-3-4-5-8-13(9-10-14)19(17,18)11-6-7-12(15)16/h14H,2-11H2,1H3,(H,15,16). The number of sulfonamides is 1. The number of carbonyl (C=O) groups is 1. The van der Waals surface area contributed by atoms with E-state index in [9.17, 15) is 13.2 Å². The van der Waals surface area contributed by atoms with Gasteiger partial charge in [0.2, 0.25) is 10.0 Å². The fraction of sp³-hybridized carbons (Fsp3) is 0.917. The van der Waals surface area contributed by atoms with Crippen molar-refractivity contribution in [1.82, 2.24) is 4.31 Å². The molecule has 0 unspecified atom stereocenters. The molecule has 0 aromatic carbocycles. The summed E-state index contributed by atoms with van der Waals surface area (Å²) in [5, 5.41) is 17.4. The molecule has 0 fully saturated rings. The monoisotopic (exact) mass is 295 g/mol. The van der Waals surface area contributed by atoms with Gasteiger partial charge in [-0.25, -0.2) is 8.42 Å². The predicted molar refractivity (Wildman–Crippen MR) is 73.5 cm³/mol. The van der Waals surface area contributed by atoms with Crippen molar-refractivity contribution in [2.24, 2.45) is 0 Å². The zero-order valence-corrected chi connectivity index (χ0v) is 12.4. The first kappa shape index (κ1) is 18.3. The lowest BCUT2D eigenvalue weighted by atomic mass is 10.2. The van der Waals surface area contributed by atoms with Crippen LogP contribution >= 0.6 is 0 Å². The molecule has 6 nitrogen and oxygen atoms in total. The highest BCUT2D eigenvalue weighted by Gasteiger charge is 2.20. The number of rotatable bonds is 12. The average molecular weight is 295 g/mol. The van der Waals surface area contributed by atoms with Crippen LogP contribution in [-0.2, 0) is 14.8 Å². The second-order valence-corrected chi connectivity index (χ2v) is 6.59. The van der Waals surface area contributed by atoms with Crippen LogP contribution in [0.25, 0.3) is 0 Å². The molecule has 0 aromatic heterocycles. The number of hydrogen-bond acceptors (Lipinski definition) is 4. The molecule has 19 heavy (non-hydrogen) atoms. The van der Waals surface area contributed by atoms with Gasteiger partial charge in [-0.2, -0.15) is 4.31 Å². The van der Waals surface area contributed by atoms with Crippen molar-refractivity contribution in [3.63, 3.8) is 0 Å². The lowest BCUT2D eigenvalue weighted by molar-refractivity contribution is -0.137. The quantitative estimate of drug-likeness (QED) is 0.525. The number of aliphatic carboxylic acids is 1. The van der Waals surface area contributed by atoms with E-state index in [1.54, 1.807) is 0 Å². The number of aliphatic hydroxyl groups is 1. The van der Waals surface area contributed by atoms with E-state index in [-0.39, 0.29) is 31.7 Å². The van der Waals surface area contributed by atoms with E-state index in [0.717, 1.165) is 25.7 Å². The Bertz CT molecular complexity index is 342. The molecule has 0 radical (unpaired) electrons. The van der Waals surface area contributed by atoms with Crippen LogP contribution in [0, 0.1) is 0 Å². The first-order valence-electron chi connectivity index (χ1n) is 6.74. The summed E-state index contributed by atoms with van der Waals surface area (Å²) in [6.07, 6.45) is 3.82. The normalized spacial score (nSPS) is 11.9. The van der Waals surface area contributed by atoms with E-state index in [1.807, 2.05) is 0 Å². The molecule has 0 aliphatic carbocycles. The first-order chi connectivity index (χ1) is 8.94. The van der Waals surface area contributed by atoms with E-state index in [2.05, 4.69) is 6.92 Å². The van der Waals surface area contributed by atoms with Crippen LogP contribution in [0.2, 0.25) is 0 Å². The molecule has 0 aromatic rings. The molecule has 0 rings (SSSR count). The van der Waals surface area contributed by atoms with Gasteiger partial charge in [-0.1, -0.05) is 26.2 Å². The van der Waals surface area contributed by atoms with Crippen LogP contribution in [0.15, 0.2) is 0 Å². The summed E-state index contributed by atoms with van der Waals surface area (Å²) in [6.45, 7) is 2.34. The van der Waals surface area contributed by atoms with Crippen molar-refractivity contribution in [2.75, 3.05) is 25.4 Å². The largest absolute Gasteiger partial charge is 0.481 e. The molecule has 0 amide bonds. The van der Waals surface area contributed by atoms with E-state index in [0.29, 0.717) is 6.54 Å². The lowest BCUT2D eigenvalue weighted by Crippen LogP contribution is -2.36. The fourth-order valence-electron chi connectivity index (χ4n) is 1.75. The predicted octanol–water partition coefficient (Wildman–Crippen LogP) is 1.06. The maximum Gasteiger partial charge on any atom is 0.303 e. The number of hydrogen-bond donors (Lipinski definition) is 2. The number of carboxylic acid groups (broad SMARTS) is 1. The molecule has 0 bridgehead atoms. The fourth-order valence-corrected chi connectivity index (χ4v) is 3.29. The highest BCUT2D eigenvalue weighted by atomic mass is 32.2. The molecule has 0 saturated carbocycles. The van der Waals surface area contributed by atoms with Crippen molar-refractivity contribution in [2.45, 2.75) is 45.4 Å². The Morgan fingerprint density at radius 1 is 1.11 bits per heavy atom. The molecule has 0 spiro atoms. The molecule has 2 N–H and O–H groups in total. The highest BCUT2D eigenvalue weighted by Crippen LogP contribution is 2.08. The van der Waals surface area contributed by atoms with Gasteiger partial charge in [0.25, 0.3) is 0 Å². The Hall–Kier alpha value is -0.660. The summed E-state index contributed by atoms with van der Waals surface area (Å²) in [4.78, 5) is 10.4. The van der Waals surface area contributed by atoms with Crippen LogP contribution in [0.1, 0.15) is 45.4 Å². The summed E-state index contributed by atoms with van der Waals surface area (Å²) >= 11 is 0. The highest BCUT2D eigenvalue weighted by molar-refractivity contribution is 7.89. The second-order valence-electron chi connectivity index (χ2n) is 4.50. The van der Waals surface area contributed by atoms with E-state index in [1.165, 1.54) is 4.31 Å². The third-order valence-corrected chi connectivity index (χ3v) is 4.75. The van der Waals surface area contributed by atoms with Gasteiger partial charge in [0.1, 0.15) is 0 Å². The zero-order valence-electron chi connectivity index (χ0n) is 11.5. The maximum atomic E-state index is 12.0. The Labute approximate surface area is 115 Å². The zero-order chi connectivity index (χ0) is 14.7. The SMILES string of the molecule is CCCCCCN(CCO)S(=O)(=O)CCCC(=O)O. The summed E-state index contributed by atoms with van der Waals surface area (Å²) < 4.78 is 25.2. The molecule has 0 atom stereocenters. The topological polar surface area (TPSA) is 94.9 Å². The molecule has 0 aliphatic rings. The van der Waals surface area contributed by atoms with Crippen molar-refractivity contribution < 1.29 is 23.4 Å². The number of nitrogens with zero attached hydrogens (tertiary/aromatic N) is 1. The second kappa shape index (κ2) is 10.2. The first-order valence-corrected chi connectivity index (χ1v) is 8.35. The van der Waals surface area contributed by atoms with Crippen LogP contribution < -0.4 is 0 Å². The Morgan fingerprint density at radius 3 is 2.32 bits per heavy atom. The van der Waals surface area contributed by atoms with Crippen molar-refractivity contribution in [3.05, 3.63) is 0 Å². The Kier molecular flexibility index (Phi) is 9.81. The lowest BCUT2D eigenvalue weighted by Gasteiger charge is -2.21. The molecule has 7 heteroatoms. The molecule has 0 aliphatic heterocycles. The van der Waals surface area contributed by atoms with Crippen LogP contribution in [0.4, 0.5) is 0 Å². The number of aliphatic hydroxyl groups excluding tert-OH is 1. The third kappa shape index (κ3) is 8.96. The summed E-state index contributed by atoms with van der Waals surface area (Å²) in [7, 11) is -3.46. The summed E-state index contributed by atoms with van der Waals surface area (Å²) in [5.41, 5.74) is 0. The van der Waals surface area contributed by atoms with Crippen molar-refractivity contribution >= 4 is 16.0 Å². The van der Waals surface area contributed by atoms with Gasteiger partial charge in [0.05, 0.1) is 12.4 Å². The van der Waals surface area contributed by atoms with Crippen molar-refractivity contribution in [1.29, 1.82) is 0 Å². The Morgan fingerprint density at radius 2 is 1.79 bits per heavy atom. The molecule has 0 saturated heterocycles. The minimum atomic E-state index is -3.46. The Balaban J connectivity index is 4.27. The number of carboxylic acids is 1. The maximum absolute atomic E-state index is 12.0. The van der Waals surface area contributed by atoms with Crippen LogP contribution in [0.5, 0.6) is 0 Å². The minimum absolute atomic E-state index is 0.0849. The van der Waals surface area contributed by atoms with E-state index < -0.39 is 16.0 Å². The average Bonchev–Trinajstić information content (AvgIpc) is 2.32. The minimum Gasteiger partial charge on any atom is -0.481 e. The van der Waals surface area contributed by atoms with Gasteiger partial charge < -0.3 is 10.2 Å². The summed E-state index contributed by atoms with van der Waals surface area (Å²) in [6, 6.07) is 0. The van der Waals surface area contributed by atoms with Gasteiger partial charge in [0.15, 0.2) is 0 Å². The number of unbranched alkanes of at least 4 members (excludes halogenated alkanes) is 3. The molecular formula is C12H25NO5S. The van der Waals surface area contributed by atoms with Gasteiger partial charge in [-0.05, 0) is 12.8 Å². The van der Waals surface area contributed by atoms with Crippen LogP contribution in [0.3, 0.4) is 0 Å². The van der Waals surface area contributed by atoms with Crippen LogP contribution in [-0.4, -0.2) is 54.4 Å². The van der Waals surface area contributed by atoms with Gasteiger partial charge in [0, 0.05) is 19.5 Å². The molecule has 114 valence electrons. The smallest absolute Gasteiger partial charge is 0.303 e. The molecular weight excluding hydrogens is 270 g/mol. The van der Waals surface area contributed by atoms with Gasteiger partial charge in [-0.15, -0.1) is 0 Å². The third-order valence-electron chi connectivity index (χ3n) is 2.80. The molecule has 0 heterocycles. The van der Waals surface area contributed by atoms with Gasteiger partial charge >= 0.3 is 5.97 Å².